The van der Waals surface area contributed by atoms with Gasteiger partial charge >= 0.3 is 0 Å². The van der Waals surface area contributed by atoms with Crippen LogP contribution in [-0.2, 0) is 6.42 Å². The zero-order valence-electron chi connectivity index (χ0n) is 8.32. The number of hydrogen-bond donors (Lipinski definition) is 1. The summed E-state index contributed by atoms with van der Waals surface area (Å²) < 4.78 is 0. The van der Waals surface area contributed by atoms with Crippen LogP contribution < -0.4 is 5.73 Å². The summed E-state index contributed by atoms with van der Waals surface area (Å²) in [4.78, 5) is 7.94. The fraction of sp³-hybridized carbons (Fsp3) is 0.0909. The van der Waals surface area contributed by atoms with Gasteiger partial charge in [0.2, 0.25) is 5.95 Å². The fourth-order valence-corrected chi connectivity index (χ4v) is 2.00. The van der Waals surface area contributed by atoms with Gasteiger partial charge < -0.3 is 5.73 Å². The number of nitrogens with zero attached hydrogens (tertiary/aromatic N) is 2. The van der Waals surface area contributed by atoms with Crippen LogP contribution in [0.4, 0.5) is 5.95 Å². The largest absolute Gasteiger partial charge is 0.368 e. The Balaban J connectivity index is 2.27. The molecule has 0 spiro atoms. The van der Waals surface area contributed by atoms with E-state index in [1.807, 2.05) is 18.2 Å². The van der Waals surface area contributed by atoms with Crippen molar-refractivity contribution >= 4 is 29.2 Å². The molecule has 0 amide bonds. The average Bonchev–Trinajstić information content (AvgIpc) is 2.15. The first kappa shape index (κ1) is 11.2. The fourth-order valence-electron chi connectivity index (χ4n) is 1.43. The van der Waals surface area contributed by atoms with Crippen molar-refractivity contribution < 1.29 is 0 Å². The predicted octanol–water partition coefficient (Wildman–Crippen LogP) is 2.96. The molecule has 2 rings (SSSR count). The lowest BCUT2D eigenvalue weighted by Gasteiger charge is -2.03. The summed E-state index contributed by atoms with van der Waals surface area (Å²) in [5.41, 5.74) is 7.33. The van der Waals surface area contributed by atoms with Gasteiger partial charge in [0.15, 0.2) is 0 Å². The van der Waals surface area contributed by atoms with E-state index in [1.54, 1.807) is 12.3 Å². The van der Waals surface area contributed by atoms with Gasteiger partial charge in [-0.2, -0.15) is 0 Å². The number of anilines is 1. The average molecular weight is 254 g/mol. The molecule has 16 heavy (non-hydrogen) atoms. The molecule has 82 valence electrons. The highest BCUT2D eigenvalue weighted by molar-refractivity contribution is 6.34. The summed E-state index contributed by atoms with van der Waals surface area (Å²) in [7, 11) is 0. The second-order valence-corrected chi connectivity index (χ2v) is 4.23. The van der Waals surface area contributed by atoms with Gasteiger partial charge in [0.05, 0.1) is 5.69 Å². The normalized spacial score (nSPS) is 10.4. The van der Waals surface area contributed by atoms with Gasteiger partial charge in [-0.1, -0.05) is 23.2 Å². The number of hydrogen-bond acceptors (Lipinski definition) is 3. The van der Waals surface area contributed by atoms with Crippen LogP contribution in [0.5, 0.6) is 0 Å². The molecule has 0 radical (unpaired) electrons. The Bertz CT molecular complexity index is 494. The Labute approximate surface area is 103 Å². The maximum Gasteiger partial charge on any atom is 0.220 e. The molecule has 5 heteroatoms. The summed E-state index contributed by atoms with van der Waals surface area (Å²) in [6.07, 6.45) is 2.26. The summed E-state index contributed by atoms with van der Waals surface area (Å²) in [5.74, 6) is 0.269. The van der Waals surface area contributed by atoms with Crippen molar-refractivity contribution in [2.45, 2.75) is 6.42 Å². The Morgan fingerprint density at radius 3 is 2.44 bits per heavy atom. The first-order chi connectivity index (χ1) is 7.63. The SMILES string of the molecule is Nc1nccc(Cc2cc(Cl)cc(Cl)c2)n1. The third kappa shape index (κ3) is 2.84. The van der Waals surface area contributed by atoms with Gasteiger partial charge in [0, 0.05) is 22.7 Å². The number of aromatic nitrogens is 2. The van der Waals surface area contributed by atoms with Gasteiger partial charge in [0.1, 0.15) is 0 Å². The maximum atomic E-state index is 5.91. The second-order valence-electron chi connectivity index (χ2n) is 3.36. The molecule has 0 fully saturated rings. The van der Waals surface area contributed by atoms with Crippen LogP contribution in [0.25, 0.3) is 0 Å². The van der Waals surface area contributed by atoms with Crippen LogP contribution in [0.3, 0.4) is 0 Å². The smallest absolute Gasteiger partial charge is 0.220 e. The molecule has 0 aliphatic heterocycles. The van der Waals surface area contributed by atoms with Crippen molar-refractivity contribution in [1.29, 1.82) is 0 Å². The van der Waals surface area contributed by atoms with E-state index in [0.717, 1.165) is 11.3 Å². The minimum atomic E-state index is 0.269. The van der Waals surface area contributed by atoms with Crippen LogP contribution in [-0.4, -0.2) is 9.97 Å². The molecular weight excluding hydrogens is 245 g/mol. The summed E-state index contributed by atoms with van der Waals surface area (Å²) >= 11 is 11.8. The number of benzene rings is 1. The number of rotatable bonds is 2. The number of halogens is 2. The van der Waals surface area contributed by atoms with E-state index in [9.17, 15) is 0 Å². The van der Waals surface area contributed by atoms with E-state index in [0.29, 0.717) is 16.5 Å². The Kier molecular flexibility index (Phi) is 3.27. The van der Waals surface area contributed by atoms with Crippen molar-refractivity contribution in [3.8, 4) is 0 Å². The molecule has 0 atom stereocenters. The molecule has 0 bridgehead atoms. The first-order valence-electron chi connectivity index (χ1n) is 4.66. The lowest BCUT2D eigenvalue weighted by atomic mass is 10.1. The molecule has 0 unspecified atom stereocenters. The molecule has 1 aromatic carbocycles. The van der Waals surface area contributed by atoms with Gasteiger partial charge in [-0.05, 0) is 29.8 Å². The van der Waals surface area contributed by atoms with Crippen molar-refractivity contribution in [2.75, 3.05) is 5.73 Å². The zero-order valence-corrected chi connectivity index (χ0v) is 9.83. The first-order valence-corrected chi connectivity index (χ1v) is 5.41. The third-order valence-electron chi connectivity index (χ3n) is 2.04. The Morgan fingerprint density at radius 1 is 1.12 bits per heavy atom. The molecule has 3 nitrogen and oxygen atoms in total. The van der Waals surface area contributed by atoms with Crippen LogP contribution in [0.15, 0.2) is 30.5 Å². The Morgan fingerprint density at radius 2 is 1.81 bits per heavy atom. The summed E-state index contributed by atoms with van der Waals surface area (Å²) in [5, 5.41) is 1.23. The second kappa shape index (κ2) is 4.68. The molecule has 0 aliphatic rings. The quantitative estimate of drug-likeness (QED) is 0.896. The van der Waals surface area contributed by atoms with E-state index in [4.69, 9.17) is 28.9 Å². The van der Waals surface area contributed by atoms with Crippen LogP contribution in [0.2, 0.25) is 10.0 Å². The highest BCUT2D eigenvalue weighted by Crippen LogP contribution is 2.20. The molecule has 2 aromatic rings. The van der Waals surface area contributed by atoms with Crippen LogP contribution in [0, 0.1) is 0 Å². The van der Waals surface area contributed by atoms with Crippen molar-refractivity contribution in [1.82, 2.24) is 9.97 Å². The highest BCUT2D eigenvalue weighted by Gasteiger charge is 2.02. The molecule has 0 saturated heterocycles. The van der Waals surface area contributed by atoms with E-state index in [1.165, 1.54) is 0 Å². The summed E-state index contributed by atoms with van der Waals surface area (Å²) in [6.45, 7) is 0. The van der Waals surface area contributed by atoms with Crippen molar-refractivity contribution in [2.24, 2.45) is 0 Å². The number of nitrogen functional groups attached to an aromatic ring is 1. The topological polar surface area (TPSA) is 51.8 Å². The standard InChI is InChI=1S/C11H9Cl2N3/c12-8-3-7(4-9(13)6-8)5-10-1-2-15-11(14)16-10/h1-4,6H,5H2,(H2,14,15,16). The minimum Gasteiger partial charge on any atom is -0.368 e. The minimum absolute atomic E-state index is 0.269. The predicted molar refractivity (Wildman–Crippen MR) is 65.7 cm³/mol. The third-order valence-corrected chi connectivity index (χ3v) is 2.48. The van der Waals surface area contributed by atoms with Gasteiger partial charge in [-0.3, -0.25) is 0 Å². The van der Waals surface area contributed by atoms with Gasteiger partial charge in [0.25, 0.3) is 0 Å². The Hall–Kier alpha value is -1.32. The van der Waals surface area contributed by atoms with E-state index in [-0.39, 0.29) is 5.95 Å². The monoisotopic (exact) mass is 253 g/mol. The molecule has 2 N–H and O–H groups in total. The zero-order chi connectivity index (χ0) is 11.5. The lowest BCUT2D eigenvalue weighted by molar-refractivity contribution is 1.04. The van der Waals surface area contributed by atoms with Gasteiger partial charge in [-0.15, -0.1) is 0 Å². The van der Waals surface area contributed by atoms with E-state index in [2.05, 4.69) is 9.97 Å². The van der Waals surface area contributed by atoms with Crippen molar-refractivity contribution in [3.63, 3.8) is 0 Å². The highest BCUT2D eigenvalue weighted by atomic mass is 35.5. The molecule has 1 aromatic heterocycles. The van der Waals surface area contributed by atoms with Crippen LogP contribution in [0.1, 0.15) is 11.3 Å². The van der Waals surface area contributed by atoms with Gasteiger partial charge in [-0.25, -0.2) is 9.97 Å². The number of nitrogens with two attached hydrogens (primary N) is 1. The lowest BCUT2D eigenvalue weighted by Crippen LogP contribution is -1.99. The van der Waals surface area contributed by atoms with E-state index < -0.39 is 0 Å². The van der Waals surface area contributed by atoms with Crippen LogP contribution >= 0.6 is 23.2 Å². The summed E-state index contributed by atoms with van der Waals surface area (Å²) in [6, 6.07) is 7.21. The van der Waals surface area contributed by atoms with Crippen molar-refractivity contribution in [3.05, 3.63) is 51.8 Å². The van der Waals surface area contributed by atoms with E-state index >= 15 is 0 Å². The molecule has 1 heterocycles. The molecule has 0 aliphatic carbocycles. The molecular formula is C11H9Cl2N3. The maximum absolute atomic E-state index is 5.91. The molecule has 0 saturated carbocycles.